The maximum absolute atomic E-state index is 6.22. The molecule has 0 spiro atoms. The molecule has 3 rings (SSSR count). The van der Waals surface area contributed by atoms with Crippen LogP contribution in [0.3, 0.4) is 0 Å². The van der Waals surface area contributed by atoms with Gasteiger partial charge in [0.15, 0.2) is 11.5 Å². The van der Waals surface area contributed by atoms with E-state index in [1.165, 1.54) is 16.7 Å². The van der Waals surface area contributed by atoms with E-state index in [4.69, 9.17) is 21.1 Å². The fourth-order valence-corrected chi connectivity index (χ4v) is 3.59. The fourth-order valence-electron chi connectivity index (χ4n) is 3.40. The van der Waals surface area contributed by atoms with Crippen LogP contribution in [0.5, 0.6) is 11.5 Å². The lowest BCUT2D eigenvalue weighted by Gasteiger charge is -2.40. The summed E-state index contributed by atoms with van der Waals surface area (Å²) in [5.41, 5.74) is 3.75. The second-order valence-electron chi connectivity index (χ2n) is 6.08. The van der Waals surface area contributed by atoms with Crippen molar-refractivity contribution in [3.8, 4) is 11.5 Å². The Hall–Kier alpha value is -1.71. The van der Waals surface area contributed by atoms with Gasteiger partial charge in [0.2, 0.25) is 0 Å². The first-order valence-corrected chi connectivity index (χ1v) is 8.15. The normalized spacial score (nSPS) is 20.9. The zero-order chi connectivity index (χ0) is 16.6. The number of likely N-dealkylation sites (N-methyl/N-ethyl adjacent to an activating group) is 1. The molecule has 3 nitrogen and oxygen atoms in total. The van der Waals surface area contributed by atoms with Crippen LogP contribution in [0.2, 0.25) is 5.02 Å². The van der Waals surface area contributed by atoms with Gasteiger partial charge in [-0.2, -0.15) is 0 Å². The minimum atomic E-state index is 0.159. The highest BCUT2D eigenvalue weighted by Crippen LogP contribution is 2.42. The van der Waals surface area contributed by atoms with E-state index < -0.39 is 0 Å². The predicted octanol–water partition coefficient (Wildman–Crippen LogP) is 4.32. The summed E-state index contributed by atoms with van der Waals surface area (Å²) in [7, 11) is 5.51. The van der Waals surface area contributed by atoms with Crippen molar-refractivity contribution in [1.29, 1.82) is 0 Å². The molecule has 1 heterocycles. The van der Waals surface area contributed by atoms with Crippen LogP contribution >= 0.6 is 11.6 Å². The second kappa shape index (κ2) is 6.42. The molecule has 0 saturated heterocycles. The fraction of sp³-hybridized carbons (Fsp3) is 0.368. The van der Waals surface area contributed by atoms with Crippen molar-refractivity contribution < 1.29 is 9.47 Å². The Morgan fingerprint density at radius 2 is 1.78 bits per heavy atom. The van der Waals surface area contributed by atoms with Gasteiger partial charge >= 0.3 is 0 Å². The predicted molar refractivity (Wildman–Crippen MR) is 93.8 cm³/mol. The molecule has 0 aliphatic carbocycles. The average molecular weight is 332 g/mol. The first-order chi connectivity index (χ1) is 11.0. The number of rotatable bonds is 3. The maximum Gasteiger partial charge on any atom is 0.161 e. The van der Waals surface area contributed by atoms with Crippen LogP contribution in [0.4, 0.5) is 0 Å². The lowest BCUT2D eigenvalue weighted by atomic mass is 9.85. The number of hydrogen-bond donors (Lipinski definition) is 0. The van der Waals surface area contributed by atoms with Gasteiger partial charge in [-0.05, 0) is 61.3 Å². The highest BCUT2D eigenvalue weighted by atomic mass is 35.5. The van der Waals surface area contributed by atoms with Crippen molar-refractivity contribution in [3.05, 3.63) is 58.1 Å². The largest absolute Gasteiger partial charge is 0.493 e. The Labute approximate surface area is 142 Å². The summed E-state index contributed by atoms with van der Waals surface area (Å²) in [6.07, 6.45) is 0.989. The van der Waals surface area contributed by atoms with Gasteiger partial charge in [0.05, 0.1) is 20.3 Å². The molecule has 2 aromatic carbocycles. The molecule has 122 valence electrons. The van der Waals surface area contributed by atoms with Crippen molar-refractivity contribution in [2.75, 3.05) is 21.3 Å². The van der Waals surface area contributed by atoms with Gasteiger partial charge in [0.1, 0.15) is 0 Å². The van der Waals surface area contributed by atoms with E-state index >= 15 is 0 Å². The molecule has 0 bridgehead atoms. The second-order valence-corrected chi connectivity index (χ2v) is 6.52. The quantitative estimate of drug-likeness (QED) is 0.836. The van der Waals surface area contributed by atoms with E-state index in [1.807, 2.05) is 18.2 Å². The Morgan fingerprint density at radius 1 is 1.09 bits per heavy atom. The lowest BCUT2D eigenvalue weighted by molar-refractivity contribution is 0.192. The molecule has 0 amide bonds. The maximum atomic E-state index is 6.22. The van der Waals surface area contributed by atoms with E-state index in [0.717, 1.165) is 22.9 Å². The summed E-state index contributed by atoms with van der Waals surface area (Å²) in [4.78, 5) is 2.39. The summed E-state index contributed by atoms with van der Waals surface area (Å²) in [6, 6.07) is 12.9. The van der Waals surface area contributed by atoms with Gasteiger partial charge in [-0.1, -0.05) is 23.7 Å². The highest BCUT2D eigenvalue weighted by Gasteiger charge is 2.32. The first kappa shape index (κ1) is 16.2. The lowest BCUT2D eigenvalue weighted by Crippen LogP contribution is -2.39. The number of fused-ring (bicyclic) bond motifs is 1. The Morgan fingerprint density at radius 3 is 2.43 bits per heavy atom. The SMILES string of the molecule is COc1cc2c(cc1OC)C(c1cccc(Cl)c1)N(C)C(C)C2. The van der Waals surface area contributed by atoms with Crippen molar-refractivity contribution in [2.24, 2.45) is 0 Å². The molecular formula is C19H22ClNO2. The third-order valence-corrected chi connectivity index (χ3v) is 4.96. The van der Waals surface area contributed by atoms with Crippen molar-refractivity contribution >= 4 is 11.6 Å². The molecule has 1 aliphatic rings. The summed E-state index contributed by atoms with van der Waals surface area (Å²) in [6.45, 7) is 2.25. The number of ether oxygens (including phenoxy) is 2. The van der Waals surface area contributed by atoms with Gasteiger partial charge < -0.3 is 9.47 Å². The number of nitrogens with zero attached hydrogens (tertiary/aromatic N) is 1. The third kappa shape index (κ3) is 2.91. The number of methoxy groups -OCH3 is 2. The van der Waals surface area contributed by atoms with Crippen LogP contribution in [0.1, 0.15) is 29.7 Å². The molecule has 0 fully saturated rings. The smallest absolute Gasteiger partial charge is 0.161 e. The summed E-state index contributed by atoms with van der Waals surface area (Å²) in [5, 5.41) is 0.760. The van der Waals surface area contributed by atoms with E-state index in [1.54, 1.807) is 14.2 Å². The van der Waals surface area contributed by atoms with Crippen molar-refractivity contribution in [3.63, 3.8) is 0 Å². The Kier molecular flexibility index (Phi) is 4.51. The molecule has 2 atom stereocenters. The standard InChI is InChI=1S/C19H22ClNO2/c1-12-8-14-10-17(22-3)18(23-4)11-16(14)19(21(12)2)13-6-5-7-15(20)9-13/h5-7,9-12,19H,8H2,1-4H3. The molecule has 0 aromatic heterocycles. The molecule has 0 saturated carbocycles. The monoisotopic (exact) mass is 331 g/mol. The molecule has 2 aromatic rings. The summed E-state index contributed by atoms with van der Waals surface area (Å²) < 4.78 is 11.0. The Bertz CT molecular complexity index is 717. The van der Waals surface area contributed by atoms with Crippen LogP contribution in [0, 0.1) is 0 Å². The van der Waals surface area contributed by atoms with E-state index in [0.29, 0.717) is 6.04 Å². The van der Waals surface area contributed by atoms with Crippen LogP contribution in [0.25, 0.3) is 0 Å². The van der Waals surface area contributed by atoms with Gasteiger partial charge in [-0.15, -0.1) is 0 Å². The van der Waals surface area contributed by atoms with Crippen LogP contribution in [-0.2, 0) is 6.42 Å². The molecule has 4 heteroatoms. The molecule has 0 radical (unpaired) electrons. The summed E-state index contributed by atoms with van der Waals surface area (Å²) in [5.74, 6) is 1.55. The number of benzene rings is 2. The number of hydrogen-bond acceptors (Lipinski definition) is 3. The average Bonchev–Trinajstić information content (AvgIpc) is 2.55. The molecule has 2 unspecified atom stereocenters. The van der Waals surface area contributed by atoms with Gasteiger partial charge in [0, 0.05) is 11.1 Å². The van der Waals surface area contributed by atoms with Crippen LogP contribution < -0.4 is 9.47 Å². The molecule has 0 N–H and O–H groups in total. The zero-order valence-electron chi connectivity index (χ0n) is 14.0. The third-order valence-electron chi connectivity index (χ3n) is 4.72. The van der Waals surface area contributed by atoms with Gasteiger partial charge in [-0.25, -0.2) is 0 Å². The van der Waals surface area contributed by atoms with Crippen molar-refractivity contribution in [1.82, 2.24) is 4.90 Å². The molecule has 23 heavy (non-hydrogen) atoms. The minimum Gasteiger partial charge on any atom is -0.493 e. The van der Waals surface area contributed by atoms with Crippen molar-refractivity contribution in [2.45, 2.75) is 25.4 Å². The summed E-state index contributed by atoms with van der Waals surface area (Å²) >= 11 is 6.22. The van der Waals surface area contributed by atoms with Gasteiger partial charge in [-0.3, -0.25) is 4.90 Å². The van der Waals surface area contributed by atoms with Crippen LogP contribution in [-0.4, -0.2) is 32.2 Å². The highest BCUT2D eigenvalue weighted by molar-refractivity contribution is 6.30. The molecular weight excluding hydrogens is 310 g/mol. The minimum absolute atomic E-state index is 0.159. The number of halogens is 1. The van der Waals surface area contributed by atoms with Gasteiger partial charge in [0.25, 0.3) is 0 Å². The van der Waals surface area contributed by atoms with E-state index in [-0.39, 0.29) is 6.04 Å². The Balaban J connectivity index is 2.17. The van der Waals surface area contributed by atoms with E-state index in [2.05, 4.69) is 37.1 Å². The first-order valence-electron chi connectivity index (χ1n) is 7.77. The topological polar surface area (TPSA) is 21.7 Å². The van der Waals surface area contributed by atoms with Crippen LogP contribution in [0.15, 0.2) is 36.4 Å². The zero-order valence-corrected chi connectivity index (χ0v) is 14.7. The molecule has 1 aliphatic heterocycles. The van der Waals surface area contributed by atoms with E-state index in [9.17, 15) is 0 Å².